The number of phenols is 1. The molecule has 0 aliphatic rings. The number of carbonyl (C=O) groups is 1. The molecular weight excluding hydrogens is 293 g/mol. The van der Waals surface area contributed by atoms with E-state index in [-0.39, 0.29) is 0 Å². The average Bonchev–Trinajstić information content (AvgIpc) is 2.26. The number of halogens is 3. The molecule has 0 aliphatic heterocycles. The van der Waals surface area contributed by atoms with Gasteiger partial charge in [-0.15, -0.1) is 0 Å². The van der Waals surface area contributed by atoms with Crippen molar-refractivity contribution >= 4 is 16.1 Å². The van der Waals surface area contributed by atoms with Gasteiger partial charge < -0.3 is 14.0 Å². The summed E-state index contributed by atoms with van der Waals surface area (Å²) in [4.78, 5) is 11.2. The minimum absolute atomic E-state index is 0.551. The molecule has 1 aromatic rings. The van der Waals surface area contributed by atoms with Crippen molar-refractivity contribution < 1.29 is 40.4 Å². The molecule has 106 valence electrons. The standard InChI is InChI=1S/C9H7F3O6S/c1-17-8(14)6-3-2-5(13)4-7(6)18-19(15,16)9(10,11)12/h2-4,13H,1H3. The molecule has 0 bridgehead atoms. The number of esters is 1. The van der Waals surface area contributed by atoms with E-state index < -0.39 is 38.7 Å². The van der Waals surface area contributed by atoms with E-state index in [1.165, 1.54) is 0 Å². The molecule has 0 aliphatic carbocycles. The number of phenolic OH excluding ortho intramolecular Hbond substituents is 1. The van der Waals surface area contributed by atoms with Crippen LogP contribution in [-0.4, -0.2) is 32.1 Å². The summed E-state index contributed by atoms with van der Waals surface area (Å²) in [7, 11) is -5.01. The summed E-state index contributed by atoms with van der Waals surface area (Å²) in [6.45, 7) is 0. The lowest BCUT2D eigenvalue weighted by atomic mass is 10.2. The molecule has 1 rings (SSSR count). The van der Waals surface area contributed by atoms with Crippen molar-refractivity contribution in [2.45, 2.75) is 5.51 Å². The number of methoxy groups -OCH3 is 1. The van der Waals surface area contributed by atoms with Gasteiger partial charge in [-0.3, -0.25) is 0 Å². The van der Waals surface area contributed by atoms with Gasteiger partial charge in [0.1, 0.15) is 11.3 Å². The topological polar surface area (TPSA) is 89.9 Å². The number of carbonyl (C=O) groups excluding carboxylic acids is 1. The highest BCUT2D eigenvalue weighted by atomic mass is 32.2. The second-order valence-electron chi connectivity index (χ2n) is 3.16. The number of aromatic hydroxyl groups is 1. The van der Waals surface area contributed by atoms with Gasteiger partial charge in [0, 0.05) is 6.07 Å². The van der Waals surface area contributed by atoms with Crippen LogP contribution in [-0.2, 0) is 14.9 Å². The Morgan fingerprint density at radius 3 is 2.37 bits per heavy atom. The molecule has 0 amide bonds. The van der Waals surface area contributed by atoms with Crippen LogP contribution < -0.4 is 4.18 Å². The Kier molecular flexibility index (Phi) is 3.94. The van der Waals surface area contributed by atoms with Crippen molar-refractivity contribution in [1.82, 2.24) is 0 Å². The van der Waals surface area contributed by atoms with E-state index in [1.54, 1.807) is 0 Å². The lowest BCUT2D eigenvalue weighted by Crippen LogP contribution is -2.28. The smallest absolute Gasteiger partial charge is 0.508 e. The number of alkyl halides is 3. The molecule has 0 radical (unpaired) electrons. The molecule has 10 heteroatoms. The predicted octanol–water partition coefficient (Wildman–Crippen LogP) is 1.41. The Morgan fingerprint density at radius 1 is 1.32 bits per heavy atom. The minimum atomic E-state index is -5.95. The van der Waals surface area contributed by atoms with Crippen LogP contribution in [0.15, 0.2) is 18.2 Å². The van der Waals surface area contributed by atoms with E-state index in [4.69, 9.17) is 5.11 Å². The SMILES string of the molecule is COC(=O)c1ccc(O)cc1OS(=O)(=O)C(F)(F)F. The number of rotatable bonds is 3. The zero-order chi connectivity index (χ0) is 14.8. The molecule has 0 unspecified atom stereocenters. The summed E-state index contributed by atoms with van der Waals surface area (Å²) in [6.07, 6.45) is 0. The Labute approximate surface area is 105 Å². The van der Waals surface area contributed by atoms with E-state index in [2.05, 4.69) is 8.92 Å². The fourth-order valence-electron chi connectivity index (χ4n) is 1.02. The van der Waals surface area contributed by atoms with Crippen LogP contribution in [0.3, 0.4) is 0 Å². The zero-order valence-electron chi connectivity index (χ0n) is 9.26. The first kappa shape index (κ1) is 15.1. The van der Waals surface area contributed by atoms with Gasteiger partial charge in [0.2, 0.25) is 0 Å². The zero-order valence-corrected chi connectivity index (χ0v) is 10.1. The molecule has 0 fully saturated rings. The normalized spacial score (nSPS) is 12.0. The highest BCUT2D eigenvalue weighted by molar-refractivity contribution is 7.88. The maximum Gasteiger partial charge on any atom is 0.534 e. The third kappa shape index (κ3) is 3.28. The van der Waals surface area contributed by atoms with Crippen LogP contribution in [0.25, 0.3) is 0 Å². The summed E-state index contributed by atoms with van der Waals surface area (Å²) in [6, 6.07) is 2.37. The van der Waals surface area contributed by atoms with Gasteiger partial charge in [0.15, 0.2) is 5.75 Å². The maximum absolute atomic E-state index is 12.1. The van der Waals surface area contributed by atoms with Crippen molar-refractivity contribution in [2.75, 3.05) is 7.11 Å². The molecule has 0 atom stereocenters. The van der Waals surface area contributed by atoms with Crippen LogP contribution in [0, 0.1) is 0 Å². The monoisotopic (exact) mass is 300 g/mol. The molecule has 0 saturated carbocycles. The Morgan fingerprint density at radius 2 is 1.89 bits per heavy atom. The average molecular weight is 300 g/mol. The summed E-state index contributed by atoms with van der Waals surface area (Å²) < 4.78 is 66.1. The van der Waals surface area contributed by atoms with E-state index in [1.807, 2.05) is 0 Å². The molecule has 19 heavy (non-hydrogen) atoms. The highest BCUT2D eigenvalue weighted by Gasteiger charge is 2.49. The summed E-state index contributed by atoms with van der Waals surface area (Å²) in [5.41, 5.74) is -6.24. The van der Waals surface area contributed by atoms with Gasteiger partial charge in [-0.25, -0.2) is 4.79 Å². The summed E-state index contributed by atoms with van der Waals surface area (Å²) in [5.74, 6) is -2.68. The van der Waals surface area contributed by atoms with Crippen molar-refractivity contribution in [1.29, 1.82) is 0 Å². The van der Waals surface area contributed by atoms with Gasteiger partial charge in [0.05, 0.1) is 7.11 Å². The summed E-state index contributed by atoms with van der Waals surface area (Å²) in [5, 5.41) is 9.08. The van der Waals surface area contributed by atoms with Crippen molar-refractivity contribution in [3.63, 3.8) is 0 Å². The molecule has 1 N–H and O–H groups in total. The molecule has 1 aromatic carbocycles. The van der Waals surface area contributed by atoms with Gasteiger partial charge in [-0.05, 0) is 12.1 Å². The molecular formula is C9H7F3O6S. The Bertz CT molecular complexity index is 592. The van der Waals surface area contributed by atoms with Gasteiger partial charge in [-0.1, -0.05) is 0 Å². The van der Waals surface area contributed by atoms with Crippen LogP contribution in [0.1, 0.15) is 10.4 Å². The Hall–Kier alpha value is -1.97. The molecule has 0 aromatic heterocycles. The first-order valence-electron chi connectivity index (χ1n) is 4.50. The van der Waals surface area contributed by atoms with Crippen LogP contribution in [0.5, 0.6) is 11.5 Å². The highest BCUT2D eigenvalue weighted by Crippen LogP contribution is 2.31. The largest absolute Gasteiger partial charge is 0.534 e. The van der Waals surface area contributed by atoms with Crippen LogP contribution in [0.4, 0.5) is 13.2 Å². The third-order valence-corrected chi connectivity index (χ3v) is 2.82. The third-order valence-electron chi connectivity index (χ3n) is 1.85. The van der Waals surface area contributed by atoms with E-state index in [0.717, 1.165) is 19.2 Å². The van der Waals surface area contributed by atoms with E-state index in [0.29, 0.717) is 6.07 Å². The molecule has 0 spiro atoms. The molecule has 0 heterocycles. The van der Waals surface area contributed by atoms with E-state index in [9.17, 15) is 26.4 Å². The minimum Gasteiger partial charge on any atom is -0.508 e. The van der Waals surface area contributed by atoms with Crippen LogP contribution in [0.2, 0.25) is 0 Å². The fraction of sp³-hybridized carbons (Fsp3) is 0.222. The number of hydrogen-bond acceptors (Lipinski definition) is 6. The molecule has 0 saturated heterocycles. The van der Waals surface area contributed by atoms with Crippen molar-refractivity contribution in [3.8, 4) is 11.5 Å². The second kappa shape index (κ2) is 4.96. The fourth-order valence-corrected chi connectivity index (χ4v) is 1.49. The quantitative estimate of drug-likeness (QED) is 0.515. The number of hydrogen-bond donors (Lipinski definition) is 1. The van der Waals surface area contributed by atoms with Gasteiger partial charge in [0.25, 0.3) is 0 Å². The lowest BCUT2D eigenvalue weighted by molar-refractivity contribution is -0.0500. The van der Waals surface area contributed by atoms with Crippen LogP contribution >= 0.6 is 0 Å². The predicted molar refractivity (Wildman–Crippen MR) is 55.0 cm³/mol. The first-order valence-corrected chi connectivity index (χ1v) is 5.91. The second-order valence-corrected chi connectivity index (χ2v) is 4.69. The van der Waals surface area contributed by atoms with E-state index >= 15 is 0 Å². The maximum atomic E-state index is 12.1. The number of benzene rings is 1. The molecule has 6 nitrogen and oxygen atoms in total. The number of ether oxygens (including phenoxy) is 1. The van der Waals surface area contributed by atoms with Gasteiger partial charge >= 0.3 is 21.6 Å². The van der Waals surface area contributed by atoms with Crippen molar-refractivity contribution in [2.24, 2.45) is 0 Å². The summed E-state index contributed by atoms with van der Waals surface area (Å²) >= 11 is 0. The Balaban J connectivity index is 3.28. The van der Waals surface area contributed by atoms with Crippen molar-refractivity contribution in [3.05, 3.63) is 23.8 Å². The van der Waals surface area contributed by atoms with Gasteiger partial charge in [-0.2, -0.15) is 21.6 Å². The lowest BCUT2D eigenvalue weighted by Gasteiger charge is -2.12. The first-order chi connectivity index (χ1) is 8.58.